The van der Waals surface area contributed by atoms with Gasteiger partial charge in [0.2, 0.25) is 0 Å². The topological polar surface area (TPSA) is 55.8 Å². The number of carboxylic acids is 1. The van der Waals surface area contributed by atoms with Crippen LogP contribution < -0.4 is 0 Å². The first kappa shape index (κ1) is 8.97. The summed E-state index contributed by atoms with van der Waals surface area (Å²) in [5.41, 5.74) is 0. The molecule has 1 N–H and O–H groups in total. The summed E-state index contributed by atoms with van der Waals surface area (Å²) in [5.74, 6) is -1.03. The second kappa shape index (κ2) is 6.10. The first-order valence-electron chi connectivity index (χ1n) is 2.86. The average molecular weight is 146 g/mol. The molecule has 0 spiro atoms. The highest BCUT2D eigenvalue weighted by Gasteiger charge is 1.83. The Morgan fingerprint density at radius 1 is 1.70 bits per heavy atom. The SMILES string of the molecule is CCOCO/C=C/C(=O)O. The van der Waals surface area contributed by atoms with Crippen molar-refractivity contribution in [3.8, 4) is 0 Å². The maximum absolute atomic E-state index is 9.82. The van der Waals surface area contributed by atoms with Gasteiger partial charge in [0.25, 0.3) is 0 Å². The maximum atomic E-state index is 9.82. The lowest BCUT2D eigenvalue weighted by Gasteiger charge is -1.97. The van der Waals surface area contributed by atoms with Crippen molar-refractivity contribution in [2.75, 3.05) is 13.4 Å². The van der Waals surface area contributed by atoms with Crippen LogP contribution >= 0.6 is 0 Å². The van der Waals surface area contributed by atoms with Crippen molar-refractivity contribution in [1.82, 2.24) is 0 Å². The van der Waals surface area contributed by atoms with Crippen molar-refractivity contribution in [2.45, 2.75) is 6.92 Å². The third-order valence-electron chi connectivity index (χ3n) is 0.662. The lowest BCUT2D eigenvalue weighted by molar-refractivity contribution is -0.131. The van der Waals surface area contributed by atoms with Gasteiger partial charge in [0, 0.05) is 6.61 Å². The largest absolute Gasteiger partial charge is 0.478 e. The van der Waals surface area contributed by atoms with Crippen LogP contribution in [0, 0.1) is 0 Å². The van der Waals surface area contributed by atoms with Gasteiger partial charge in [-0.3, -0.25) is 0 Å². The van der Waals surface area contributed by atoms with Gasteiger partial charge in [-0.1, -0.05) is 0 Å². The number of carboxylic acid groups (broad SMARTS) is 1. The molecule has 0 aliphatic rings. The van der Waals surface area contributed by atoms with Crippen molar-refractivity contribution >= 4 is 5.97 Å². The molecule has 0 saturated heterocycles. The first-order valence-corrected chi connectivity index (χ1v) is 2.86. The maximum Gasteiger partial charge on any atom is 0.331 e. The zero-order chi connectivity index (χ0) is 7.82. The molecule has 0 aromatic rings. The van der Waals surface area contributed by atoms with Crippen molar-refractivity contribution < 1.29 is 19.4 Å². The molecule has 0 aliphatic heterocycles. The molecule has 0 aromatic heterocycles. The first-order chi connectivity index (χ1) is 4.77. The summed E-state index contributed by atoms with van der Waals surface area (Å²) in [5, 5.41) is 8.06. The van der Waals surface area contributed by atoms with Gasteiger partial charge in [-0.2, -0.15) is 0 Å². The molecule has 4 heteroatoms. The van der Waals surface area contributed by atoms with Crippen LogP contribution in [0.25, 0.3) is 0 Å². The summed E-state index contributed by atoms with van der Waals surface area (Å²) in [6, 6.07) is 0. The average Bonchev–Trinajstić information content (AvgIpc) is 1.87. The third kappa shape index (κ3) is 6.97. The molecule has 0 atom stereocenters. The standard InChI is InChI=1S/C6H10O4/c1-2-9-5-10-4-3-6(7)8/h3-4H,2,5H2,1H3,(H,7,8)/b4-3+. The lowest BCUT2D eigenvalue weighted by Crippen LogP contribution is -1.95. The molecule has 0 bridgehead atoms. The summed E-state index contributed by atoms with van der Waals surface area (Å²) in [7, 11) is 0. The summed E-state index contributed by atoms with van der Waals surface area (Å²) in [6.07, 6.45) is 1.98. The smallest absolute Gasteiger partial charge is 0.331 e. The van der Waals surface area contributed by atoms with Crippen LogP contribution in [0.1, 0.15) is 6.92 Å². The second-order valence-corrected chi connectivity index (χ2v) is 1.42. The molecule has 0 fully saturated rings. The van der Waals surface area contributed by atoms with Gasteiger partial charge in [-0.05, 0) is 6.92 Å². The lowest BCUT2D eigenvalue weighted by atomic mass is 10.6. The van der Waals surface area contributed by atoms with E-state index in [9.17, 15) is 4.79 Å². The van der Waals surface area contributed by atoms with E-state index in [-0.39, 0.29) is 6.79 Å². The van der Waals surface area contributed by atoms with Crippen molar-refractivity contribution in [2.24, 2.45) is 0 Å². The van der Waals surface area contributed by atoms with Crippen molar-refractivity contribution in [3.63, 3.8) is 0 Å². The van der Waals surface area contributed by atoms with E-state index in [1.807, 2.05) is 6.92 Å². The fourth-order valence-electron chi connectivity index (χ4n) is 0.277. The number of aliphatic carboxylic acids is 1. The van der Waals surface area contributed by atoms with E-state index in [4.69, 9.17) is 9.84 Å². The van der Waals surface area contributed by atoms with Gasteiger partial charge < -0.3 is 14.6 Å². The number of rotatable bonds is 5. The molecule has 0 aliphatic carbocycles. The van der Waals surface area contributed by atoms with E-state index in [1.54, 1.807) is 0 Å². The van der Waals surface area contributed by atoms with Crippen LogP contribution in [-0.2, 0) is 14.3 Å². The molecule has 10 heavy (non-hydrogen) atoms. The van der Waals surface area contributed by atoms with Crippen LogP contribution in [0.15, 0.2) is 12.3 Å². The fourth-order valence-corrected chi connectivity index (χ4v) is 0.277. The predicted molar refractivity (Wildman–Crippen MR) is 34.4 cm³/mol. The van der Waals surface area contributed by atoms with Crippen LogP contribution in [0.4, 0.5) is 0 Å². The van der Waals surface area contributed by atoms with E-state index >= 15 is 0 Å². The van der Waals surface area contributed by atoms with Gasteiger partial charge in [0.15, 0.2) is 6.79 Å². The monoisotopic (exact) mass is 146 g/mol. The number of hydrogen-bond acceptors (Lipinski definition) is 3. The summed E-state index contributed by atoms with van der Waals surface area (Å²) < 4.78 is 9.35. The molecule has 58 valence electrons. The quantitative estimate of drug-likeness (QED) is 0.267. The van der Waals surface area contributed by atoms with Crippen LogP contribution in [0.2, 0.25) is 0 Å². The molecule has 0 unspecified atom stereocenters. The van der Waals surface area contributed by atoms with Gasteiger partial charge in [0.1, 0.15) is 0 Å². The predicted octanol–water partition coefficient (Wildman–Crippen LogP) is 0.595. The molecule has 0 amide bonds. The van der Waals surface area contributed by atoms with Crippen LogP contribution in [0.3, 0.4) is 0 Å². The summed E-state index contributed by atoms with van der Waals surface area (Å²) in [4.78, 5) is 9.82. The summed E-state index contributed by atoms with van der Waals surface area (Å²) in [6.45, 7) is 2.48. The second-order valence-electron chi connectivity index (χ2n) is 1.42. The van der Waals surface area contributed by atoms with Crippen LogP contribution in [-0.4, -0.2) is 24.5 Å². The van der Waals surface area contributed by atoms with Gasteiger partial charge >= 0.3 is 5.97 Å². The van der Waals surface area contributed by atoms with E-state index in [0.717, 1.165) is 12.3 Å². The minimum atomic E-state index is -1.03. The molecule has 4 nitrogen and oxygen atoms in total. The van der Waals surface area contributed by atoms with E-state index in [1.165, 1.54) is 0 Å². The molecule has 0 heterocycles. The van der Waals surface area contributed by atoms with Crippen molar-refractivity contribution in [3.05, 3.63) is 12.3 Å². The highest BCUT2D eigenvalue weighted by Crippen LogP contribution is 1.79. The highest BCUT2D eigenvalue weighted by molar-refractivity contribution is 5.79. The normalized spacial score (nSPS) is 10.1. The Hall–Kier alpha value is -1.03. The summed E-state index contributed by atoms with van der Waals surface area (Å²) >= 11 is 0. The van der Waals surface area contributed by atoms with E-state index in [2.05, 4.69) is 4.74 Å². The zero-order valence-electron chi connectivity index (χ0n) is 5.74. The Bertz CT molecular complexity index is 119. The number of carbonyl (C=O) groups is 1. The zero-order valence-corrected chi connectivity index (χ0v) is 5.74. The minimum absolute atomic E-state index is 0.0975. The highest BCUT2D eigenvalue weighted by atomic mass is 16.7. The van der Waals surface area contributed by atoms with Gasteiger partial charge in [-0.25, -0.2) is 4.79 Å². The van der Waals surface area contributed by atoms with Crippen molar-refractivity contribution in [1.29, 1.82) is 0 Å². The van der Waals surface area contributed by atoms with Gasteiger partial charge in [0.05, 0.1) is 12.3 Å². The Morgan fingerprint density at radius 3 is 2.90 bits per heavy atom. The molecule has 0 aromatic carbocycles. The fraction of sp³-hybridized carbons (Fsp3) is 0.500. The van der Waals surface area contributed by atoms with Gasteiger partial charge in [-0.15, -0.1) is 0 Å². The molecule has 0 rings (SSSR count). The number of hydrogen-bond donors (Lipinski definition) is 1. The van der Waals surface area contributed by atoms with Crippen LogP contribution in [0.5, 0.6) is 0 Å². The number of ether oxygens (including phenoxy) is 2. The van der Waals surface area contributed by atoms with E-state index in [0.29, 0.717) is 6.61 Å². The molecular formula is C6H10O4. The Labute approximate surface area is 59.1 Å². The molecule has 0 radical (unpaired) electrons. The van der Waals surface area contributed by atoms with E-state index < -0.39 is 5.97 Å². The molecular weight excluding hydrogens is 136 g/mol. The third-order valence-corrected chi connectivity index (χ3v) is 0.662. The Balaban J connectivity index is 3.10. The molecule has 0 saturated carbocycles. The Kier molecular flexibility index (Phi) is 5.47. The Morgan fingerprint density at radius 2 is 2.40 bits per heavy atom. The minimum Gasteiger partial charge on any atom is -0.478 e.